The molecule has 0 aromatic heterocycles. The van der Waals surface area contributed by atoms with Gasteiger partial charge in [0.25, 0.3) is 0 Å². The molecule has 1 aromatic carbocycles. The van der Waals surface area contributed by atoms with E-state index in [1.807, 2.05) is 18.2 Å². The fourth-order valence-electron chi connectivity index (χ4n) is 1.59. The van der Waals surface area contributed by atoms with Crippen LogP contribution in [0.1, 0.15) is 12.8 Å². The van der Waals surface area contributed by atoms with Gasteiger partial charge < -0.3 is 19.5 Å². The van der Waals surface area contributed by atoms with Crippen molar-refractivity contribution in [2.24, 2.45) is 0 Å². The number of anilines is 1. The average molecular weight is 267 g/mol. The molecule has 1 aromatic rings. The Bertz CT molecular complexity index is 293. The van der Waals surface area contributed by atoms with Gasteiger partial charge >= 0.3 is 0 Å². The van der Waals surface area contributed by atoms with E-state index in [0.29, 0.717) is 13.2 Å². The van der Waals surface area contributed by atoms with Crippen molar-refractivity contribution in [2.45, 2.75) is 12.8 Å². The predicted molar refractivity (Wildman–Crippen MR) is 77.7 cm³/mol. The van der Waals surface area contributed by atoms with Gasteiger partial charge in [-0.1, -0.05) is 18.2 Å². The highest BCUT2D eigenvalue weighted by Gasteiger charge is 1.92. The Balaban J connectivity index is 1.79. The van der Waals surface area contributed by atoms with E-state index in [2.05, 4.69) is 17.4 Å². The molecule has 0 unspecified atom stereocenters. The van der Waals surface area contributed by atoms with Crippen LogP contribution in [0, 0.1) is 0 Å². The third-order valence-electron chi connectivity index (χ3n) is 2.58. The fourth-order valence-corrected chi connectivity index (χ4v) is 1.59. The van der Waals surface area contributed by atoms with Crippen LogP contribution in [-0.2, 0) is 14.2 Å². The van der Waals surface area contributed by atoms with E-state index in [0.717, 1.165) is 44.9 Å². The first-order valence-corrected chi connectivity index (χ1v) is 6.87. The Morgan fingerprint density at radius 3 is 2.21 bits per heavy atom. The first kappa shape index (κ1) is 16.0. The molecular weight excluding hydrogens is 242 g/mol. The van der Waals surface area contributed by atoms with Crippen LogP contribution in [0.15, 0.2) is 30.3 Å². The van der Waals surface area contributed by atoms with Crippen molar-refractivity contribution in [3.63, 3.8) is 0 Å². The molecule has 0 saturated carbocycles. The van der Waals surface area contributed by atoms with Gasteiger partial charge in [0.05, 0.1) is 13.2 Å². The van der Waals surface area contributed by atoms with Gasteiger partial charge in [0.1, 0.15) is 0 Å². The highest BCUT2D eigenvalue weighted by molar-refractivity contribution is 5.42. The Morgan fingerprint density at radius 1 is 0.842 bits per heavy atom. The number of para-hydroxylation sites is 1. The summed E-state index contributed by atoms with van der Waals surface area (Å²) in [6, 6.07) is 10.2. The van der Waals surface area contributed by atoms with Crippen LogP contribution in [0.4, 0.5) is 5.69 Å². The van der Waals surface area contributed by atoms with Gasteiger partial charge in [-0.3, -0.25) is 0 Å². The highest BCUT2D eigenvalue weighted by Crippen LogP contribution is 2.04. The molecule has 0 aliphatic heterocycles. The van der Waals surface area contributed by atoms with Gasteiger partial charge in [-0.2, -0.15) is 0 Å². The van der Waals surface area contributed by atoms with Crippen LogP contribution >= 0.6 is 0 Å². The summed E-state index contributed by atoms with van der Waals surface area (Å²) in [5.74, 6) is 0. The molecule has 0 radical (unpaired) electrons. The Hall–Kier alpha value is -1.10. The molecule has 0 spiro atoms. The molecule has 0 aliphatic carbocycles. The molecule has 0 fully saturated rings. The van der Waals surface area contributed by atoms with E-state index in [4.69, 9.17) is 14.2 Å². The van der Waals surface area contributed by atoms with Gasteiger partial charge in [-0.25, -0.2) is 0 Å². The fraction of sp³-hybridized carbons (Fsp3) is 0.600. The largest absolute Gasteiger partial charge is 0.385 e. The lowest BCUT2D eigenvalue weighted by Crippen LogP contribution is -2.10. The topological polar surface area (TPSA) is 39.7 Å². The molecule has 0 atom stereocenters. The van der Waals surface area contributed by atoms with Crippen LogP contribution in [0.2, 0.25) is 0 Å². The van der Waals surface area contributed by atoms with Crippen LogP contribution in [-0.4, -0.2) is 46.7 Å². The van der Waals surface area contributed by atoms with Crippen LogP contribution < -0.4 is 5.32 Å². The summed E-state index contributed by atoms with van der Waals surface area (Å²) in [6.45, 7) is 4.52. The monoisotopic (exact) mass is 267 g/mol. The average Bonchev–Trinajstić information content (AvgIpc) is 2.46. The molecule has 4 nitrogen and oxygen atoms in total. The first-order chi connectivity index (χ1) is 9.43. The Labute approximate surface area is 116 Å². The number of hydrogen-bond donors (Lipinski definition) is 1. The molecule has 0 bridgehead atoms. The van der Waals surface area contributed by atoms with Crippen molar-refractivity contribution in [1.29, 1.82) is 0 Å². The van der Waals surface area contributed by atoms with Crippen molar-refractivity contribution < 1.29 is 14.2 Å². The number of hydrogen-bond acceptors (Lipinski definition) is 4. The van der Waals surface area contributed by atoms with Gasteiger partial charge in [0, 0.05) is 39.2 Å². The molecular formula is C15H25NO3. The van der Waals surface area contributed by atoms with Crippen molar-refractivity contribution in [3.8, 4) is 0 Å². The summed E-state index contributed by atoms with van der Waals surface area (Å²) in [6.07, 6.45) is 1.94. The SMILES string of the molecule is COCCCOCCOCCCNc1ccccc1. The van der Waals surface area contributed by atoms with E-state index in [1.165, 1.54) is 0 Å². The van der Waals surface area contributed by atoms with E-state index in [9.17, 15) is 0 Å². The van der Waals surface area contributed by atoms with Crippen molar-refractivity contribution in [2.75, 3.05) is 52.0 Å². The van der Waals surface area contributed by atoms with Gasteiger partial charge in [0.2, 0.25) is 0 Å². The number of rotatable bonds is 12. The quantitative estimate of drug-likeness (QED) is 0.591. The maximum Gasteiger partial charge on any atom is 0.0700 e. The summed E-state index contributed by atoms with van der Waals surface area (Å²) in [4.78, 5) is 0. The second-order valence-electron chi connectivity index (χ2n) is 4.22. The highest BCUT2D eigenvalue weighted by atomic mass is 16.5. The molecule has 0 amide bonds. The lowest BCUT2D eigenvalue weighted by molar-refractivity contribution is 0.0398. The van der Waals surface area contributed by atoms with Crippen LogP contribution in [0.5, 0.6) is 0 Å². The number of benzene rings is 1. The predicted octanol–water partition coefficient (Wildman–Crippen LogP) is 2.56. The Kier molecular flexibility index (Phi) is 10.0. The van der Waals surface area contributed by atoms with E-state index in [-0.39, 0.29) is 0 Å². The summed E-state index contributed by atoms with van der Waals surface area (Å²) < 4.78 is 15.8. The zero-order chi connectivity index (χ0) is 13.6. The molecule has 0 heterocycles. The molecule has 108 valence electrons. The molecule has 1 N–H and O–H groups in total. The Morgan fingerprint density at radius 2 is 1.53 bits per heavy atom. The third kappa shape index (κ3) is 9.47. The maximum absolute atomic E-state index is 5.48. The molecule has 4 heteroatoms. The zero-order valence-corrected chi connectivity index (χ0v) is 11.8. The standard InChI is InChI=1S/C15H25NO3/c1-17-10-6-12-19-14-13-18-11-5-9-16-15-7-3-2-4-8-15/h2-4,7-8,16H,5-6,9-14H2,1H3. The maximum atomic E-state index is 5.48. The zero-order valence-electron chi connectivity index (χ0n) is 11.8. The molecule has 19 heavy (non-hydrogen) atoms. The summed E-state index contributed by atoms with van der Waals surface area (Å²) in [7, 11) is 1.70. The van der Waals surface area contributed by atoms with Gasteiger partial charge in [0.15, 0.2) is 0 Å². The second-order valence-corrected chi connectivity index (χ2v) is 4.22. The van der Waals surface area contributed by atoms with Crippen molar-refractivity contribution >= 4 is 5.69 Å². The summed E-state index contributed by atoms with van der Waals surface area (Å²) in [5.41, 5.74) is 1.16. The van der Waals surface area contributed by atoms with E-state index in [1.54, 1.807) is 7.11 Å². The minimum Gasteiger partial charge on any atom is -0.385 e. The van der Waals surface area contributed by atoms with Crippen molar-refractivity contribution in [1.82, 2.24) is 0 Å². The summed E-state index contributed by atoms with van der Waals surface area (Å²) in [5, 5.41) is 3.34. The van der Waals surface area contributed by atoms with Crippen molar-refractivity contribution in [3.05, 3.63) is 30.3 Å². The molecule has 0 saturated heterocycles. The van der Waals surface area contributed by atoms with Gasteiger partial charge in [-0.05, 0) is 25.0 Å². The number of nitrogens with one attached hydrogen (secondary N) is 1. The first-order valence-electron chi connectivity index (χ1n) is 6.87. The minimum absolute atomic E-state index is 0.663. The number of methoxy groups -OCH3 is 1. The third-order valence-corrected chi connectivity index (χ3v) is 2.58. The number of ether oxygens (including phenoxy) is 3. The molecule has 1 rings (SSSR count). The van der Waals surface area contributed by atoms with Gasteiger partial charge in [-0.15, -0.1) is 0 Å². The summed E-state index contributed by atoms with van der Waals surface area (Å²) >= 11 is 0. The lowest BCUT2D eigenvalue weighted by atomic mass is 10.3. The lowest BCUT2D eigenvalue weighted by Gasteiger charge is -2.07. The van der Waals surface area contributed by atoms with Crippen LogP contribution in [0.3, 0.4) is 0 Å². The van der Waals surface area contributed by atoms with E-state index < -0.39 is 0 Å². The smallest absolute Gasteiger partial charge is 0.0700 e. The van der Waals surface area contributed by atoms with Crippen LogP contribution in [0.25, 0.3) is 0 Å². The normalized spacial score (nSPS) is 10.6. The van der Waals surface area contributed by atoms with E-state index >= 15 is 0 Å². The second kappa shape index (κ2) is 12.0. The molecule has 0 aliphatic rings. The minimum atomic E-state index is 0.663.